The third kappa shape index (κ3) is 4.12. The van der Waals surface area contributed by atoms with Gasteiger partial charge in [-0.2, -0.15) is 0 Å². The Morgan fingerprint density at radius 1 is 1.27 bits per heavy atom. The molecule has 5 nitrogen and oxygen atoms in total. The summed E-state index contributed by atoms with van der Waals surface area (Å²) in [5.41, 5.74) is 0.693. The van der Waals surface area contributed by atoms with Gasteiger partial charge in [-0.3, -0.25) is 9.69 Å². The molecule has 1 N–H and O–H groups in total. The number of aliphatic carboxylic acids is 1. The standard InChI is InChI=1S/C16H23ClN2O3/c1-11(2)22-14-5-4-12(10-13(14)17)15(16(20)21)19-8-6-18(3)7-9-19/h4-5,10-11,15H,6-9H2,1-3H3,(H,20,21). The third-order valence-electron chi connectivity index (χ3n) is 3.77. The lowest BCUT2D eigenvalue weighted by Crippen LogP contribution is -2.47. The van der Waals surface area contributed by atoms with Crippen LogP contribution in [0, 0.1) is 0 Å². The van der Waals surface area contributed by atoms with Crippen LogP contribution in [0.5, 0.6) is 5.75 Å². The highest BCUT2D eigenvalue weighted by Gasteiger charge is 2.30. The quantitative estimate of drug-likeness (QED) is 0.901. The van der Waals surface area contributed by atoms with Crippen molar-refractivity contribution in [3.05, 3.63) is 28.8 Å². The third-order valence-corrected chi connectivity index (χ3v) is 4.07. The number of piperazine rings is 1. The van der Waals surface area contributed by atoms with E-state index in [9.17, 15) is 9.90 Å². The number of carboxylic acid groups (broad SMARTS) is 1. The molecule has 1 saturated heterocycles. The van der Waals surface area contributed by atoms with E-state index in [2.05, 4.69) is 4.90 Å². The van der Waals surface area contributed by atoms with Crippen molar-refractivity contribution in [3.63, 3.8) is 0 Å². The molecule has 0 amide bonds. The van der Waals surface area contributed by atoms with Crippen molar-refractivity contribution >= 4 is 17.6 Å². The maximum Gasteiger partial charge on any atom is 0.325 e. The topological polar surface area (TPSA) is 53.0 Å². The van der Waals surface area contributed by atoms with Crippen molar-refractivity contribution in [1.29, 1.82) is 0 Å². The molecule has 0 aromatic heterocycles. The molecule has 1 aromatic rings. The predicted molar refractivity (Wildman–Crippen MR) is 86.7 cm³/mol. The van der Waals surface area contributed by atoms with Gasteiger partial charge in [0.05, 0.1) is 11.1 Å². The molecule has 1 heterocycles. The largest absolute Gasteiger partial charge is 0.489 e. The number of ether oxygens (including phenoxy) is 1. The van der Waals surface area contributed by atoms with Gasteiger partial charge in [-0.25, -0.2) is 0 Å². The predicted octanol–water partition coefficient (Wildman–Crippen LogP) is 2.50. The van der Waals surface area contributed by atoms with E-state index < -0.39 is 12.0 Å². The van der Waals surface area contributed by atoms with Gasteiger partial charge in [0.1, 0.15) is 11.8 Å². The maximum absolute atomic E-state index is 11.7. The van der Waals surface area contributed by atoms with Crippen molar-refractivity contribution in [2.75, 3.05) is 33.2 Å². The van der Waals surface area contributed by atoms with E-state index >= 15 is 0 Å². The number of benzene rings is 1. The number of nitrogens with zero attached hydrogens (tertiary/aromatic N) is 2. The minimum absolute atomic E-state index is 0.0243. The van der Waals surface area contributed by atoms with Gasteiger partial charge in [-0.05, 0) is 38.6 Å². The summed E-state index contributed by atoms with van der Waals surface area (Å²) >= 11 is 6.24. The van der Waals surface area contributed by atoms with Crippen molar-refractivity contribution in [2.24, 2.45) is 0 Å². The molecule has 0 spiro atoms. The first-order valence-electron chi connectivity index (χ1n) is 7.50. The van der Waals surface area contributed by atoms with E-state index in [1.54, 1.807) is 18.2 Å². The van der Waals surface area contributed by atoms with Crippen LogP contribution in [0.25, 0.3) is 0 Å². The van der Waals surface area contributed by atoms with Crippen LogP contribution >= 0.6 is 11.6 Å². The molecule has 0 saturated carbocycles. The molecule has 122 valence electrons. The molecule has 1 atom stereocenters. The Morgan fingerprint density at radius 2 is 1.91 bits per heavy atom. The minimum atomic E-state index is -0.849. The molecule has 0 aliphatic carbocycles. The van der Waals surface area contributed by atoms with Crippen LogP contribution in [-0.4, -0.2) is 60.2 Å². The van der Waals surface area contributed by atoms with Crippen molar-refractivity contribution in [3.8, 4) is 5.75 Å². The van der Waals surface area contributed by atoms with Gasteiger partial charge in [0.15, 0.2) is 0 Å². The summed E-state index contributed by atoms with van der Waals surface area (Å²) in [5.74, 6) is -0.263. The number of hydrogen-bond acceptors (Lipinski definition) is 4. The Labute approximate surface area is 136 Å². The van der Waals surface area contributed by atoms with Crippen LogP contribution < -0.4 is 4.74 Å². The molecular weight excluding hydrogens is 304 g/mol. The van der Waals surface area contributed by atoms with E-state index in [-0.39, 0.29) is 6.10 Å². The Hall–Kier alpha value is -1.30. The van der Waals surface area contributed by atoms with Crippen molar-refractivity contribution in [2.45, 2.75) is 26.0 Å². The van der Waals surface area contributed by atoms with Gasteiger partial charge >= 0.3 is 5.97 Å². The molecule has 0 bridgehead atoms. The zero-order valence-electron chi connectivity index (χ0n) is 13.3. The highest BCUT2D eigenvalue weighted by atomic mass is 35.5. The number of rotatable bonds is 5. The van der Waals surface area contributed by atoms with E-state index in [0.29, 0.717) is 16.3 Å². The molecule has 0 radical (unpaired) electrons. The summed E-state index contributed by atoms with van der Waals surface area (Å²) in [6.45, 7) is 7.05. The van der Waals surface area contributed by atoms with Crippen LogP contribution in [0.2, 0.25) is 5.02 Å². The molecule has 1 aliphatic rings. The van der Waals surface area contributed by atoms with Gasteiger partial charge < -0.3 is 14.7 Å². The van der Waals surface area contributed by atoms with Crippen LogP contribution in [-0.2, 0) is 4.79 Å². The van der Waals surface area contributed by atoms with Gasteiger partial charge in [-0.15, -0.1) is 0 Å². The molecule has 1 aromatic carbocycles. The SMILES string of the molecule is CC(C)Oc1ccc(C(C(=O)O)N2CCN(C)CC2)cc1Cl. The van der Waals surface area contributed by atoms with Crippen LogP contribution in [0.3, 0.4) is 0 Å². The van der Waals surface area contributed by atoms with Crippen molar-refractivity contribution < 1.29 is 14.6 Å². The lowest BCUT2D eigenvalue weighted by molar-refractivity contribution is -0.144. The zero-order valence-corrected chi connectivity index (χ0v) is 14.0. The maximum atomic E-state index is 11.7. The van der Waals surface area contributed by atoms with Gasteiger partial charge in [0.25, 0.3) is 0 Å². The summed E-state index contributed by atoms with van der Waals surface area (Å²) in [7, 11) is 2.04. The first-order valence-corrected chi connectivity index (χ1v) is 7.87. The minimum Gasteiger partial charge on any atom is -0.489 e. The average Bonchev–Trinajstić information content (AvgIpc) is 2.43. The second-order valence-corrected chi connectivity index (χ2v) is 6.34. The lowest BCUT2D eigenvalue weighted by atomic mass is 10.0. The fourth-order valence-electron chi connectivity index (χ4n) is 2.63. The van der Waals surface area contributed by atoms with Gasteiger partial charge in [0, 0.05) is 26.2 Å². The highest BCUT2D eigenvalue weighted by molar-refractivity contribution is 6.32. The monoisotopic (exact) mass is 326 g/mol. The fraction of sp³-hybridized carbons (Fsp3) is 0.562. The molecule has 1 unspecified atom stereocenters. The molecule has 1 aliphatic heterocycles. The molecule has 1 fully saturated rings. The number of likely N-dealkylation sites (N-methyl/N-ethyl adjacent to an activating group) is 1. The van der Waals surface area contributed by atoms with Crippen molar-refractivity contribution in [1.82, 2.24) is 9.80 Å². The Kier molecular flexibility index (Phi) is 5.67. The summed E-state index contributed by atoms with van der Waals surface area (Å²) in [6, 6.07) is 4.58. The van der Waals surface area contributed by atoms with Gasteiger partial charge in [-0.1, -0.05) is 17.7 Å². The summed E-state index contributed by atoms with van der Waals surface area (Å²) in [6.07, 6.45) is 0.0243. The first kappa shape index (κ1) is 17.1. The second-order valence-electron chi connectivity index (χ2n) is 5.94. The van der Waals surface area contributed by atoms with Crippen LogP contribution in [0.1, 0.15) is 25.5 Å². The Bertz CT molecular complexity index is 528. The summed E-state index contributed by atoms with van der Waals surface area (Å²) in [5, 5.41) is 10.1. The van der Waals surface area contributed by atoms with Gasteiger partial charge in [0.2, 0.25) is 0 Å². The normalized spacial score (nSPS) is 18.4. The number of hydrogen-bond donors (Lipinski definition) is 1. The molecule has 6 heteroatoms. The Balaban J connectivity index is 2.22. The van der Waals surface area contributed by atoms with E-state index in [0.717, 1.165) is 26.2 Å². The lowest BCUT2D eigenvalue weighted by Gasteiger charge is -2.36. The second kappa shape index (κ2) is 7.31. The van der Waals surface area contributed by atoms with E-state index in [1.165, 1.54) is 0 Å². The molecular formula is C16H23ClN2O3. The Morgan fingerprint density at radius 3 is 2.41 bits per heavy atom. The zero-order chi connectivity index (χ0) is 16.3. The van der Waals surface area contributed by atoms with Crippen LogP contribution in [0.15, 0.2) is 18.2 Å². The number of carboxylic acids is 1. The summed E-state index contributed by atoms with van der Waals surface area (Å²) < 4.78 is 5.60. The number of carbonyl (C=O) groups is 1. The van der Waals surface area contributed by atoms with E-state index in [4.69, 9.17) is 16.3 Å². The molecule has 2 rings (SSSR count). The summed E-state index contributed by atoms with van der Waals surface area (Å²) in [4.78, 5) is 15.9. The fourth-order valence-corrected chi connectivity index (χ4v) is 2.86. The van der Waals surface area contributed by atoms with E-state index in [1.807, 2.05) is 25.8 Å². The van der Waals surface area contributed by atoms with Crippen LogP contribution in [0.4, 0.5) is 0 Å². The average molecular weight is 327 g/mol. The molecule has 22 heavy (non-hydrogen) atoms. The highest BCUT2D eigenvalue weighted by Crippen LogP contribution is 2.31. The number of halogens is 1. The smallest absolute Gasteiger partial charge is 0.325 e. The first-order chi connectivity index (χ1) is 10.4.